The maximum Gasteiger partial charge on any atom is 0.437 e. The molecule has 0 bridgehead atoms. The van der Waals surface area contributed by atoms with Crippen LogP contribution in [-0.2, 0) is 9.47 Å². The van der Waals surface area contributed by atoms with Crippen LogP contribution in [0, 0.1) is 5.92 Å². The van der Waals surface area contributed by atoms with Crippen LogP contribution in [0.3, 0.4) is 0 Å². The summed E-state index contributed by atoms with van der Waals surface area (Å²) in [6.07, 6.45) is 24.5. The molecule has 4 nitrogen and oxygen atoms in total. The number of hydrogen-bond donors (Lipinski definition) is 0. The minimum atomic E-state index is -0.523. The van der Waals surface area contributed by atoms with E-state index in [4.69, 9.17) is 9.47 Å². The lowest BCUT2D eigenvalue weighted by Crippen LogP contribution is -2.13. The van der Waals surface area contributed by atoms with Gasteiger partial charge < -0.3 is 9.47 Å². The highest BCUT2D eigenvalue weighted by Gasteiger charge is 2.10. The van der Waals surface area contributed by atoms with Crippen LogP contribution in [0.15, 0.2) is 4.99 Å². The molecule has 1 atom stereocenters. The molecule has 0 fully saturated rings. The highest BCUT2D eigenvalue weighted by Crippen LogP contribution is 2.15. The molecule has 5 heteroatoms. The fourth-order valence-corrected chi connectivity index (χ4v) is 4.14. The summed E-state index contributed by atoms with van der Waals surface area (Å²) in [5.41, 5.74) is 0. The smallest absolute Gasteiger partial charge is 0.437 e. The van der Waals surface area contributed by atoms with Crippen molar-refractivity contribution in [3.8, 4) is 0 Å². The molecule has 0 heterocycles. The molecule has 0 rings (SSSR count). The molecule has 0 aliphatic rings. The van der Waals surface area contributed by atoms with Crippen molar-refractivity contribution in [3.05, 3.63) is 0 Å². The van der Waals surface area contributed by atoms with Crippen molar-refractivity contribution < 1.29 is 14.3 Å². The SMILES string of the molecule is CCCCCCCCCCCCCCCCOC(=O)N=C(OCC(CC)CCCC)SC. The fourth-order valence-electron chi connectivity index (χ4n) is 3.79. The van der Waals surface area contributed by atoms with E-state index in [2.05, 4.69) is 25.8 Å². The van der Waals surface area contributed by atoms with Gasteiger partial charge in [-0.3, -0.25) is 0 Å². The van der Waals surface area contributed by atoms with E-state index in [9.17, 15) is 4.79 Å². The quantitative estimate of drug-likeness (QED) is 0.0949. The van der Waals surface area contributed by atoms with E-state index in [1.807, 2.05) is 6.26 Å². The normalized spacial score (nSPS) is 12.7. The van der Waals surface area contributed by atoms with Gasteiger partial charge in [-0.15, -0.1) is 4.99 Å². The Morgan fingerprint density at radius 2 is 1.22 bits per heavy atom. The maximum atomic E-state index is 11.9. The summed E-state index contributed by atoms with van der Waals surface area (Å²) in [5.74, 6) is 0.527. The zero-order chi connectivity index (χ0) is 23.7. The number of unbranched alkanes of at least 4 members (excludes halogenated alkanes) is 14. The number of rotatable bonds is 21. The molecule has 0 aliphatic heterocycles. The third-order valence-electron chi connectivity index (χ3n) is 6.07. The molecule has 0 aromatic heterocycles. The van der Waals surface area contributed by atoms with E-state index in [-0.39, 0.29) is 0 Å². The van der Waals surface area contributed by atoms with Gasteiger partial charge in [-0.25, -0.2) is 4.79 Å². The molecule has 0 aromatic carbocycles. The Morgan fingerprint density at radius 3 is 1.69 bits per heavy atom. The van der Waals surface area contributed by atoms with Crippen molar-refractivity contribution in [2.24, 2.45) is 10.9 Å². The van der Waals surface area contributed by atoms with Gasteiger partial charge in [0.1, 0.15) is 0 Å². The average Bonchev–Trinajstić information content (AvgIpc) is 2.80. The van der Waals surface area contributed by atoms with Crippen LogP contribution in [-0.4, -0.2) is 30.8 Å². The molecule has 1 unspecified atom stereocenters. The number of aliphatic imine (C=N–C) groups is 1. The van der Waals surface area contributed by atoms with E-state index in [1.54, 1.807) is 0 Å². The standard InChI is InChI=1S/C27H53NO3S/c1-5-8-10-11-12-13-14-15-16-17-18-19-20-21-23-30-26(29)28-27(32-4)31-24-25(7-3)22-9-6-2/h25H,5-24H2,1-4H3. The Kier molecular flexibility index (Phi) is 24.4. The lowest BCUT2D eigenvalue weighted by molar-refractivity contribution is 0.153. The Morgan fingerprint density at radius 1 is 0.719 bits per heavy atom. The molecule has 0 aliphatic carbocycles. The summed E-state index contributed by atoms with van der Waals surface area (Å²) in [6.45, 7) is 7.75. The van der Waals surface area contributed by atoms with Gasteiger partial charge in [-0.05, 0) is 25.0 Å². The Hall–Kier alpha value is -0.710. The molecule has 0 N–H and O–H groups in total. The third kappa shape index (κ3) is 21.2. The molecule has 0 spiro atoms. The number of thioether (sulfide) groups is 1. The van der Waals surface area contributed by atoms with Gasteiger partial charge in [0, 0.05) is 0 Å². The highest BCUT2D eigenvalue weighted by atomic mass is 32.2. The van der Waals surface area contributed by atoms with Gasteiger partial charge in [0.15, 0.2) is 0 Å². The van der Waals surface area contributed by atoms with Crippen molar-refractivity contribution >= 4 is 23.1 Å². The molecule has 0 saturated heterocycles. The summed E-state index contributed by atoms with van der Waals surface area (Å²) in [4.78, 5) is 15.9. The minimum Gasteiger partial charge on any atom is -0.472 e. The predicted octanol–water partition coefficient (Wildman–Crippen LogP) is 9.56. The number of amides is 1. The second kappa shape index (κ2) is 24.9. The fraction of sp³-hybridized carbons (Fsp3) is 0.926. The second-order valence-electron chi connectivity index (χ2n) is 9.02. The number of carbonyl (C=O) groups is 1. The van der Waals surface area contributed by atoms with Gasteiger partial charge in [0.25, 0.3) is 5.23 Å². The topological polar surface area (TPSA) is 47.9 Å². The van der Waals surface area contributed by atoms with E-state index >= 15 is 0 Å². The van der Waals surface area contributed by atoms with Crippen LogP contribution in [0.25, 0.3) is 0 Å². The van der Waals surface area contributed by atoms with Crippen LogP contribution in [0.4, 0.5) is 4.79 Å². The van der Waals surface area contributed by atoms with Gasteiger partial charge in [-0.1, -0.05) is 135 Å². The third-order valence-corrected chi connectivity index (χ3v) is 6.62. The van der Waals surface area contributed by atoms with Crippen LogP contribution in [0.1, 0.15) is 136 Å². The summed E-state index contributed by atoms with van der Waals surface area (Å²) < 4.78 is 11.0. The lowest BCUT2D eigenvalue weighted by Gasteiger charge is -2.15. The van der Waals surface area contributed by atoms with Crippen molar-refractivity contribution in [1.29, 1.82) is 0 Å². The molecule has 190 valence electrons. The molecular weight excluding hydrogens is 418 g/mol. The number of carbonyl (C=O) groups excluding carboxylic acids is 1. The highest BCUT2D eigenvalue weighted by molar-refractivity contribution is 8.13. The van der Waals surface area contributed by atoms with Crippen molar-refractivity contribution in [2.45, 2.75) is 136 Å². The molecular formula is C27H53NO3S. The van der Waals surface area contributed by atoms with Crippen molar-refractivity contribution in [1.82, 2.24) is 0 Å². The van der Waals surface area contributed by atoms with Crippen molar-refractivity contribution in [2.75, 3.05) is 19.5 Å². The Bertz CT molecular complexity index is 443. The summed E-state index contributed by atoms with van der Waals surface area (Å²) in [5, 5.41) is 0.422. The van der Waals surface area contributed by atoms with Gasteiger partial charge >= 0.3 is 6.09 Å². The first-order valence-corrected chi connectivity index (χ1v) is 14.8. The van der Waals surface area contributed by atoms with Crippen LogP contribution in [0.2, 0.25) is 0 Å². The minimum absolute atomic E-state index is 0.422. The van der Waals surface area contributed by atoms with E-state index in [1.165, 1.54) is 102 Å². The first kappa shape index (κ1) is 31.3. The number of ether oxygens (including phenoxy) is 2. The van der Waals surface area contributed by atoms with Crippen LogP contribution in [0.5, 0.6) is 0 Å². The van der Waals surface area contributed by atoms with Gasteiger partial charge in [-0.2, -0.15) is 0 Å². The summed E-state index contributed by atoms with van der Waals surface area (Å²) in [6, 6.07) is 0. The molecule has 0 aromatic rings. The molecule has 32 heavy (non-hydrogen) atoms. The zero-order valence-electron chi connectivity index (χ0n) is 21.8. The summed E-state index contributed by atoms with van der Waals surface area (Å²) >= 11 is 1.37. The van der Waals surface area contributed by atoms with E-state index in [0.717, 1.165) is 25.7 Å². The maximum absolute atomic E-state index is 11.9. The summed E-state index contributed by atoms with van der Waals surface area (Å²) in [7, 11) is 0. The largest absolute Gasteiger partial charge is 0.472 e. The van der Waals surface area contributed by atoms with Crippen LogP contribution < -0.4 is 0 Å². The van der Waals surface area contributed by atoms with Crippen molar-refractivity contribution in [3.63, 3.8) is 0 Å². The van der Waals surface area contributed by atoms with E-state index < -0.39 is 6.09 Å². The lowest BCUT2D eigenvalue weighted by atomic mass is 10.0. The number of nitrogens with zero attached hydrogens (tertiary/aromatic N) is 1. The monoisotopic (exact) mass is 471 g/mol. The first-order valence-electron chi connectivity index (χ1n) is 13.6. The Balaban J connectivity index is 3.62. The second-order valence-corrected chi connectivity index (χ2v) is 9.78. The molecule has 1 amide bonds. The molecule has 0 saturated carbocycles. The number of hydrogen-bond acceptors (Lipinski definition) is 4. The average molecular weight is 472 g/mol. The van der Waals surface area contributed by atoms with Gasteiger partial charge in [0.05, 0.1) is 13.2 Å². The zero-order valence-corrected chi connectivity index (χ0v) is 22.6. The van der Waals surface area contributed by atoms with E-state index in [0.29, 0.717) is 24.4 Å². The molecule has 0 radical (unpaired) electrons. The van der Waals surface area contributed by atoms with Crippen LogP contribution >= 0.6 is 11.8 Å². The Labute approximate surface area is 204 Å². The van der Waals surface area contributed by atoms with Gasteiger partial charge in [0.2, 0.25) is 0 Å². The first-order chi connectivity index (χ1) is 15.7. The predicted molar refractivity (Wildman–Crippen MR) is 142 cm³/mol.